The predicted octanol–water partition coefficient (Wildman–Crippen LogP) is 1.05. The van der Waals surface area contributed by atoms with Crippen LogP contribution in [0.15, 0.2) is 0 Å². The Balaban J connectivity index is 2.15. The number of carbonyl (C=O) groups is 2. The van der Waals surface area contributed by atoms with E-state index in [1.165, 1.54) is 4.90 Å². The number of nitrogens with zero attached hydrogens (tertiary/aromatic N) is 3. The summed E-state index contributed by atoms with van der Waals surface area (Å²) in [5.74, 6) is 1.60. The monoisotopic (exact) mass is 312 g/mol. The maximum Gasteiger partial charge on any atom is 0.329 e. The van der Waals surface area contributed by atoms with Crippen LogP contribution in [0.25, 0.3) is 0 Å². The maximum absolute atomic E-state index is 12.5. The second-order valence-electron chi connectivity index (χ2n) is 5.04. The number of aromatic amines is 1. The zero-order valence-electron chi connectivity index (χ0n) is 12.5. The highest BCUT2D eigenvalue weighted by Crippen LogP contribution is 2.20. The average molecular weight is 312 g/mol. The SMILES string of the molecule is CCOC(=O)C1CSCCN1C(=O)c1n[nH]c(C(C)C)n1. The van der Waals surface area contributed by atoms with Gasteiger partial charge in [-0.15, -0.1) is 5.10 Å². The fraction of sp³-hybridized carbons (Fsp3) is 0.692. The van der Waals surface area contributed by atoms with E-state index in [1.54, 1.807) is 18.7 Å². The third-order valence-corrected chi connectivity index (χ3v) is 4.21. The summed E-state index contributed by atoms with van der Waals surface area (Å²) in [5.41, 5.74) is 0. The van der Waals surface area contributed by atoms with E-state index in [0.29, 0.717) is 24.7 Å². The van der Waals surface area contributed by atoms with Gasteiger partial charge in [-0.2, -0.15) is 11.8 Å². The molecule has 1 aliphatic rings. The predicted molar refractivity (Wildman–Crippen MR) is 79.3 cm³/mol. The molecule has 21 heavy (non-hydrogen) atoms. The lowest BCUT2D eigenvalue weighted by molar-refractivity contribution is -0.147. The van der Waals surface area contributed by atoms with E-state index in [1.807, 2.05) is 13.8 Å². The molecule has 1 aliphatic heterocycles. The van der Waals surface area contributed by atoms with Crippen molar-refractivity contribution in [2.45, 2.75) is 32.7 Å². The topological polar surface area (TPSA) is 88.2 Å². The zero-order valence-corrected chi connectivity index (χ0v) is 13.3. The van der Waals surface area contributed by atoms with Gasteiger partial charge in [0.15, 0.2) is 0 Å². The van der Waals surface area contributed by atoms with Gasteiger partial charge in [-0.25, -0.2) is 9.78 Å². The van der Waals surface area contributed by atoms with Crippen molar-refractivity contribution in [1.82, 2.24) is 20.1 Å². The molecular weight excluding hydrogens is 292 g/mol. The standard InChI is InChI=1S/C13H20N4O3S/c1-4-20-13(19)9-7-21-6-5-17(9)12(18)11-14-10(8(2)3)15-16-11/h8-9H,4-7H2,1-3H3,(H,14,15,16). The van der Waals surface area contributed by atoms with Crippen LogP contribution in [0.4, 0.5) is 0 Å². The van der Waals surface area contributed by atoms with Gasteiger partial charge in [-0.05, 0) is 6.92 Å². The fourth-order valence-electron chi connectivity index (χ4n) is 2.04. The van der Waals surface area contributed by atoms with E-state index in [0.717, 1.165) is 5.75 Å². The van der Waals surface area contributed by atoms with Crippen LogP contribution in [0.3, 0.4) is 0 Å². The molecule has 2 rings (SSSR count). The summed E-state index contributed by atoms with van der Waals surface area (Å²) in [5, 5.41) is 6.73. The first-order valence-electron chi connectivity index (χ1n) is 7.02. The number of aromatic nitrogens is 3. The van der Waals surface area contributed by atoms with E-state index >= 15 is 0 Å². The minimum absolute atomic E-state index is 0.111. The average Bonchev–Trinajstić information content (AvgIpc) is 2.97. The molecule has 0 bridgehead atoms. The van der Waals surface area contributed by atoms with Crippen LogP contribution in [-0.4, -0.2) is 62.7 Å². The normalized spacial score (nSPS) is 18.9. The minimum atomic E-state index is -0.558. The van der Waals surface area contributed by atoms with Gasteiger partial charge in [0, 0.05) is 24.0 Å². The van der Waals surface area contributed by atoms with E-state index in [-0.39, 0.29) is 23.6 Å². The number of amides is 1. The molecular formula is C13H20N4O3S. The maximum atomic E-state index is 12.5. The van der Waals surface area contributed by atoms with Crippen molar-refractivity contribution in [3.05, 3.63) is 11.6 Å². The molecule has 1 aromatic rings. The lowest BCUT2D eigenvalue weighted by atomic mass is 10.2. The molecule has 0 saturated carbocycles. The number of nitrogens with one attached hydrogen (secondary N) is 1. The van der Waals surface area contributed by atoms with Gasteiger partial charge in [0.2, 0.25) is 5.82 Å². The highest BCUT2D eigenvalue weighted by Gasteiger charge is 2.35. The summed E-state index contributed by atoms with van der Waals surface area (Å²) in [6.45, 7) is 6.49. The third kappa shape index (κ3) is 3.55. The number of H-pyrrole nitrogens is 1. The van der Waals surface area contributed by atoms with Crippen molar-refractivity contribution in [1.29, 1.82) is 0 Å². The summed E-state index contributed by atoms with van der Waals surface area (Å²) in [7, 11) is 0. The molecule has 116 valence electrons. The van der Waals surface area contributed by atoms with Gasteiger partial charge in [-0.1, -0.05) is 13.8 Å². The highest BCUT2D eigenvalue weighted by molar-refractivity contribution is 7.99. The molecule has 2 heterocycles. The summed E-state index contributed by atoms with van der Waals surface area (Å²) < 4.78 is 5.05. The molecule has 1 amide bonds. The van der Waals surface area contributed by atoms with E-state index < -0.39 is 6.04 Å². The Morgan fingerprint density at radius 2 is 2.29 bits per heavy atom. The summed E-state index contributed by atoms with van der Waals surface area (Å²) in [6, 6.07) is -0.558. The van der Waals surface area contributed by atoms with E-state index in [2.05, 4.69) is 15.2 Å². The van der Waals surface area contributed by atoms with Gasteiger partial charge in [-0.3, -0.25) is 9.89 Å². The second kappa shape index (κ2) is 6.93. The van der Waals surface area contributed by atoms with Gasteiger partial charge in [0.05, 0.1) is 6.61 Å². The third-order valence-electron chi connectivity index (χ3n) is 3.19. The molecule has 0 aromatic carbocycles. The molecule has 1 aromatic heterocycles. The van der Waals surface area contributed by atoms with Crippen molar-refractivity contribution in [3.8, 4) is 0 Å². The first-order chi connectivity index (χ1) is 10.0. The lowest BCUT2D eigenvalue weighted by Crippen LogP contribution is -2.51. The number of ether oxygens (including phenoxy) is 1. The summed E-state index contributed by atoms with van der Waals surface area (Å²) in [6.07, 6.45) is 0. The number of carbonyl (C=O) groups excluding carboxylic acids is 2. The van der Waals surface area contributed by atoms with Crippen LogP contribution in [0, 0.1) is 0 Å². The molecule has 1 N–H and O–H groups in total. The van der Waals surface area contributed by atoms with Gasteiger partial charge < -0.3 is 9.64 Å². The zero-order chi connectivity index (χ0) is 15.4. The fourth-order valence-corrected chi connectivity index (χ4v) is 3.07. The Labute approximate surface area is 127 Å². The van der Waals surface area contributed by atoms with Gasteiger partial charge in [0.25, 0.3) is 5.91 Å². The number of rotatable bonds is 4. The molecule has 7 nitrogen and oxygen atoms in total. The van der Waals surface area contributed by atoms with Gasteiger partial charge >= 0.3 is 5.97 Å². The van der Waals surface area contributed by atoms with Crippen LogP contribution < -0.4 is 0 Å². The first-order valence-corrected chi connectivity index (χ1v) is 8.17. The van der Waals surface area contributed by atoms with Crippen molar-refractivity contribution < 1.29 is 14.3 Å². The molecule has 0 spiro atoms. The first kappa shape index (κ1) is 15.8. The molecule has 1 atom stereocenters. The molecule has 1 saturated heterocycles. The Kier molecular flexibility index (Phi) is 5.22. The quantitative estimate of drug-likeness (QED) is 0.836. The number of thioether (sulfide) groups is 1. The van der Waals surface area contributed by atoms with Crippen LogP contribution in [0.5, 0.6) is 0 Å². The molecule has 1 unspecified atom stereocenters. The van der Waals surface area contributed by atoms with Crippen molar-refractivity contribution in [3.63, 3.8) is 0 Å². The number of hydrogen-bond donors (Lipinski definition) is 1. The molecule has 0 radical (unpaired) electrons. The van der Waals surface area contributed by atoms with Crippen molar-refractivity contribution in [2.75, 3.05) is 24.7 Å². The Bertz CT molecular complexity index is 517. The summed E-state index contributed by atoms with van der Waals surface area (Å²) in [4.78, 5) is 30.2. The second-order valence-corrected chi connectivity index (χ2v) is 6.19. The summed E-state index contributed by atoms with van der Waals surface area (Å²) >= 11 is 1.64. The van der Waals surface area contributed by atoms with Crippen molar-refractivity contribution >= 4 is 23.6 Å². The van der Waals surface area contributed by atoms with Gasteiger partial charge in [0.1, 0.15) is 11.9 Å². The molecule has 0 aliphatic carbocycles. The Hall–Kier alpha value is -1.57. The number of esters is 1. The Morgan fingerprint density at radius 1 is 1.52 bits per heavy atom. The smallest absolute Gasteiger partial charge is 0.329 e. The molecule has 1 fully saturated rings. The number of hydrogen-bond acceptors (Lipinski definition) is 6. The van der Waals surface area contributed by atoms with Crippen LogP contribution in [-0.2, 0) is 9.53 Å². The van der Waals surface area contributed by atoms with Crippen LogP contribution in [0.1, 0.15) is 43.1 Å². The lowest BCUT2D eigenvalue weighted by Gasteiger charge is -2.32. The van der Waals surface area contributed by atoms with Crippen LogP contribution >= 0.6 is 11.8 Å². The van der Waals surface area contributed by atoms with E-state index in [9.17, 15) is 9.59 Å². The van der Waals surface area contributed by atoms with Crippen molar-refractivity contribution in [2.24, 2.45) is 0 Å². The van der Waals surface area contributed by atoms with E-state index in [4.69, 9.17) is 4.74 Å². The highest BCUT2D eigenvalue weighted by atomic mass is 32.2. The largest absolute Gasteiger partial charge is 0.464 e. The Morgan fingerprint density at radius 3 is 2.90 bits per heavy atom. The minimum Gasteiger partial charge on any atom is -0.464 e. The molecule has 8 heteroatoms. The van der Waals surface area contributed by atoms with Crippen LogP contribution in [0.2, 0.25) is 0 Å².